The van der Waals surface area contributed by atoms with Crippen molar-refractivity contribution < 1.29 is 32.2 Å². The smallest absolute Gasteiger partial charge is 0.389 e. The largest absolute Gasteiger partial charge is 0.459 e. The Morgan fingerprint density at radius 3 is 2.54 bits per heavy atom. The fraction of sp³-hybridized carbons (Fsp3) is 0.941. The van der Waals surface area contributed by atoms with E-state index in [2.05, 4.69) is 13.8 Å². The van der Waals surface area contributed by atoms with E-state index in [0.717, 1.165) is 12.8 Å². The Kier molecular flexibility index (Phi) is 11.7. The van der Waals surface area contributed by atoms with Crippen LogP contribution in [0.2, 0.25) is 0 Å². The van der Waals surface area contributed by atoms with Gasteiger partial charge < -0.3 is 19.9 Å². The molecule has 1 aliphatic heterocycles. The quantitative estimate of drug-likeness (QED) is 0.518. The van der Waals surface area contributed by atoms with E-state index in [4.69, 9.17) is 19.9 Å². The topological polar surface area (TPSA) is 70.8 Å². The molecular formula is C17H31ClF3NO4. The molecular weight excluding hydrogens is 375 g/mol. The van der Waals surface area contributed by atoms with Crippen molar-refractivity contribution >= 4 is 18.4 Å². The third-order valence-corrected chi connectivity index (χ3v) is 4.19. The Morgan fingerprint density at radius 2 is 1.96 bits per heavy atom. The fourth-order valence-corrected chi connectivity index (χ4v) is 2.79. The summed E-state index contributed by atoms with van der Waals surface area (Å²) >= 11 is 0. The van der Waals surface area contributed by atoms with Gasteiger partial charge in [0.15, 0.2) is 0 Å². The second kappa shape index (κ2) is 12.0. The lowest BCUT2D eigenvalue weighted by atomic mass is 9.91. The van der Waals surface area contributed by atoms with Gasteiger partial charge in [-0.3, -0.25) is 4.79 Å². The first-order valence-corrected chi connectivity index (χ1v) is 8.82. The van der Waals surface area contributed by atoms with Crippen molar-refractivity contribution in [3.8, 4) is 0 Å². The van der Waals surface area contributed by atoms with E-state index in [9.17, 15) is 18.0 Å². The molecule has 9 heteroatoms. The highest BCUT2D eigenvalue weighted by molar-refractivity contribution is 5.85. The van der Waals surface area contributed by atoms with Crippen LogP contribution in [0.4, 0.5) is 13.2 Å². The Bertz CT molecular complexity index is 410. The zero-order chi connectivity index (χ0) is 19.0. The van der Waals surface area contributed by atoms with Gasteiger partial charge in [-0.25, -0.2) is 0 Å². The average Bonchev–Trinajstić information content (AvgIpc) is 2.53. The number of cyclic esters (lactones) is 1. The minimum atomic E-state index is -4.20. The summed E-state index contributed by atoms with van der Waals surface area (Å²) in [5.41, 5.74) is 5.70. The van der Waals surface area contributed by atoms with E-state index >= 15 is 0 Å². The first kappa shape index (κ1) is 25.4. The van der Waals surface area contributed by atoms with Gasteiger partial charge in [0.1, 0.15) is 12.1 Å². The normalized spacial score (nSPS) is 27.9. The van der Waals surface area contributed by atoms with E-state index in [1.807, 2.05) is 0 Å². The number of nitrogens with two attached hydrogens (primary N) is 1. The first-order chi connectivity index (χ1) is 11.6. The van der Waals surface area contributed by atoms with Crippen LogP contribution in [0.5, 0.6) is 0 Å². The molecule has 0 aromatic rings. The van der Waals surface area contributed by atoms with Crippen molar-refractivity contribution in [2.24, 2.45) is 17.6 Å². The number of alkyl halides is 3. The second-order valence-electron chi connectivity index (χ2n) is 7.07. The van der Waals surface area contributed by atoms with Gasteiger partial charge >= 0.3 is 12.1 Å². The molecule has 0 aromatic heterocycles. The second-order valence-corrected chi connectivity index (χ2v) is 7.07. The zero-order valence-corrected chi connectivity index (χ0v) is 16.4. The van der Waals surface area contributed by atoms with Crippen molar-refractivity contribution in [2.45, 2.75) is 70.9 Å². The van der Waals surface area contributed by atoms with Crippen LogP contribution in [0.25, 0.3) is 0 Å². The summed E-state index contributed by atoms with van der Waals surface area (Å²) in [4.78, 5) is 11.9. The van der Waals surface area contributed by atoms with Crippen LogP contribution in [0.1, 0.15) is 46.5 Å². The molecule has 0 saturated carbocycles. The lowest BCUT2D eigenvalue weighted by molar-refractivity contribution is -0.161. The molecule has 0 bridgehead atoms. The number of ether oxygens (including phenoxy) is 3. The van der Waals surface area contributed by atoms with Crippen LogP contribution in [0.15, 0.2) is 0 Å². The van der Waals surface area contributed by atoms with E-state index < -0.39 is 36.8 Å². The Labute approximate surface area is 159 Å². The SMILES string of the molecule is CC(C)CC[C@H]1COC[C@H](N)C(=O)O[C@@H](C)[C@@H]1OCCCC(F)(F)F.Cl. The van der Waals surface area contributed by atoms with Crippen LogP contribution < -0.4 is 5.73 Å². The summed E-state index contributed by atoms with van der Waals surface area (Å²) in [5, 5.41) is 0. The molecule has 1 rings (SSSR count). The molecule has 1 fully saturated rings. The van der Waals surface area contributed by atoms with Crippen molar-refractivity contribution in [2.75, 3.05) is 19.8 Å². The molecule has 0 radical (unpaired) electrons. The van der Waals surface area contributed by atoms with Crippen LogP contribution in [0.3, 0.4) is 0 Å². The molecule has 2 N–H and O–H groups in total. The van der Waals surface area contributed by atoms with Crippen molar-refractivity contribution in [3.63, 3.8) is 0 Å². The lowest BCUT2D eigenvalue weighted by Crippen LogP contribution is -2.41. The summed E-state index contributed by atoms with van der Waals surface area (Å²) in [6.45, 7) is 6.22. The maximum atomic E-state index is 12.3. The van der Waals surface area contributed by atoms with E-state index in [0.29, 0.717) is 12.5 Å². The predicted molar refractivity (Wildman–Crippen MR) is 94.2 cm³/mol. The number of hydrogen-bond acceptors (Lipinski definition) is 5. The summed E-state index contributed by atoms with van der Waals surface area (Å²) in [6.07, 6.45) is -4.64. The molecule has 4 atom stereocenters. The van der Waals surface area contributed by atoms with Gasteiger partial charge in [-0.1, -0.05) is 20.3 Å². The summed E-state index contributed by atoms with van der Waals surface area (Å²) in [5.74, 6) is -0.180. The molecule has 156 valence electrons. The number of rotatable bonds is 7. The minimum absolute atomic E-state index is 0. The third kappa shape index (κ3) is 9.94. The highest BCUT2D eigenvalue weighted by Crippen LogP contribution is 2.26. The monoisotopic (exact) mass is 405 g/mol. The van der Waals surface area contributed by atoms with Gasteiger partial charge in [-0.05, 0) is 25.7 Å². The molecule has 0 unspecified atom stereocenters. The van der Waals surface area contributed by atoms with Gasteiger partial charge in [0.05, 0.1) is 19.3 Å². The predicted octanol–water partition coefficient (Wildman–Crippen LogP) is 3.48. The Morgan fingerprint density at radius 1 is 1.31 bits per heavy atom. The highest BCUT2D eigenvalue weighted by atomic mass is 35.5. The maximum Gasteiger partial charge on any atom is 0.389 e. The number of hydrogen-bond donors (Lipinski definition) is 1. The number of halogens is 4. The molecule has 1 aliphatic rings. The van der Waals surface area contributed by atoms with Gasteiger partial charge in [-0.2, -0.15) is 13.2 Å². The van der Waals surface area contributed by atoms with Crippen molar-refractivity contribution in [1.29, 1.82) is 0 Å². The van der Waals surface area contributed by atoms with Gasteiger partial charge in [0.2, 0.25) is 0 Å². The van der Waals surface area contributed by atoms with Crippen LogP contribution in [-0.2, 0) is 19.0 Å². The van der Waals surface area contributed by atoms with E-state index in [1.165, 1.54) is 0 Å². The van der Waals surface area contributed by atoms with Crippen LogP contribution in [0, 0.1) is 11.8 Å². The molecule has 0 aromatic carbocycles. The zero-order valence-electron chi connectivity index (χ0n) is 15.6. The van der Waals surface area contributed by atoms with E-state index in [-0.39, 0.29) is 38.0 Å². The summed E-state index contributed by atoms with van der Waals surface area (Å²) in [6, 6.07) is -0.864. The molecule has 0 spiro atoms. The molecule has 1 saturated heterocycles. The molecule has 0 aliphatic carbocycles. The van der Waals surface area contributed by atoms with E-state index in [1.54, 1.807) is 6.92 Å². The molecule has 1 heterocycles. The summed E-state index contributed by atoms with van der Waals surface area (Å²) < 4.78 is 53.5. The third-order valence-electron chi connectivity index (χ3n) is 4.19. The maximum absolute atomic E-state index is 12.3. The average molecular weight is 406 g/mol. The van der Waals surface area contributed by atoms with Crippen LogP contribution >= 0.6 is 12.4 Å². The van der Waals surface area contributed by atoms with Gasteiger partial charge in [0, 0.05) is 18.9 Å². The van der Waals surface area contributed by atoms with Crippen LogP contribution in [-0.4, -0.2) is 50.2 Å². The Hall–Kier alpha value is -0.570. The summed E-state index contributed by atoms with van der Waals surface area (Å²) in [7, 11) is 0. The van der Waals surface area contributed by atoms with Crippen molar-refractivity contribution in [1.82, 2.24) is 0 Å². The number of carbonyl (C=O) groups excluding carboxylic acids is 1. The molecule has 26 heavy (non-hydrogen) atoms. The van der Waals surface area contributed by atoms with Crippen molar-refractivity contribution in [3.05, 3.63) is 0 Å². The first-order valence-electron chi connectivity index (χ1n) is 8.82. The Balaban J connectivity index is 0.00000625. The lowest BCUT2D eigenvalue weighted by Gasteiger charge is -2.31. The molecule has 5 nitrogen and oxygen atoms in total. The van der Waals surface area contributed by atoms with Gasteiger partial charge in [-0.15, -0.1) is 12.4 Å². The minimum Gasteiger partial charge on any atom is -0.459 e. The standard InChI is InChI=1S/C17H30F3NO4.ClH/c1-11(2)5-6-13-9-23-10-14(21)16(22)25-12(3)15(13)24-8-4-7-17(18,19)20;/h11-15H,4-10,21H2,1-3H3;1H/t12-,13-,14-,15-;/m0./s1. The molecule has 0 amide bonds. The van der Waals surface area contributed by atoms with Gasteiger partial charge in [0.25, 0.3) is 0 Å². The number of carbonyl (C=O) groups is 1. The number of esters is 1. The highest BCUT2D eigenvalue weighted by Gasteiger charge is 2.34. The fourth-order valence-electron chi connectivity index (χ4n) is 2.79.